The fraction of sp³-hybridized carbons (Fsp3) is 0.375. The van der Waals surface area contributed by atoms with E-state index in [9.17, 15) is 9.59 Å². The molecule has 0 bridgehead atoms. The molecule has 0 spiro atoms. The summed E-state index contributed by atoms with van der Waals surface area (Å²) in [7, 11) is 0. The van der Waals surface area contributed by atoms with Crippen molar-refractivity contribution in [2.75, 3.05) is 5.88 Å². The minimum Gasteiger partial charge on any atom is -0.427 e. The Morgan fingerprint density at radius 2 is 2.19 bits per heavy atom. The third-order valence-electron chi connectivity index (χ3n) is 3.80. The van der Waals surface area contributed by atoms with Crippen LogP contribution in [0.5, 0.6) is 5.75 Å². The highest BCUT2D eigenvalue weighted by atomic mass is 35.5. The van der Waals surface area contributed by atoms with E-state index in [1.54, 1.807) is 6.07 Å². The molecule has 0 saturated carbocycles. The largest absolute Gasteiger partial charge is 0.427 e. The number of alkyl halides is 1. The molecular formula is C16H16ClNO3. The molecule has 21 heavy (non-hydrogen) atoms. The van der Waals surface area contributed by atoms with Gasteiger partial charge in [-0.15, -0.1) is 11.6 Å². The predicted molar refractivity (Wildman–Crippen MR) is 81.2 cm³/mol. The molecule has 5 heteroatoms. The SMILES string of the molecule is CC(=O)Oc1ccc2c(c1)c1c(n2CCCl)C(=O)CCC1. The van der Waals surface area contributed by atoms with Gasteiger partial charge in [0.05, 0.1) is 5.69 Å². The van der Waals surface area contributed by atoms with Gasteiger partial charge in [-0.05, 0) is 36.6 Å². The highest BCUT2D eigenvalue weighted by Gasteiger charge is 2.25. The number of esters is 1. The molecule has 0 saturated heterocycles. The van der Waals surface area contributed by atoms with Crippen molar-refractivity contribution in [1.82, 2.24) is 4.57 Å². The molecule has 0 atom stereocenters. The van der Waals surface area contributed by atoms with Gasteiger partial charge >= 0.3 is 5.97 Å². The number of fused-ring (bicyclic) bond motifs is 3. The number of benzene rings is 1. The maximum Gasteiger partial charge on any atom is 0.308 e. The average Bonchev–Trinajstić information content (AvgIpc) is 2.74. The van der Waals surface area contributed by atoms with Crippen molar-refractivity contribution >= 4 is 34.3 Å². The zero-order chi connectivity index (χ0) is 15.0. The number of aryl methyl sites for hydroxylation is 2. The molecule has 0 amide bonds. The highest BCUT2D eigenvalue weighted by molar-refractivity contribution is 6.18. The van der Waals surface area contributed by atoms with Gasteiger partial charge in [0, 0.05) is 36.7 Å². The summed E-state index contributed by atoms with van der Waals surface area (Å²) in [6.07, 6.45) is 2.32. The molecule has 1 aliphatic carbocycles. The van der Waals surface area contributed by atoms with Crippen molar-refractivity contribution in [2.45, 2.75) is 32.7 Å². The first-order chi connectivity index (χ1) is 10.1. The van der Waals surface area contributed by atoms with E-state index >= 15 is 0 Å². The topological polar surface area (TPSA) is 48.3 Å². The molecule has 2 aromatic rings. The minimum atomic E-state index is -0.348. The smallest absolute Gasteiger partial charge is 0.308 e. The van der Waals surface area contributed by atoms with Crippen molar-refractivity contribution in [1.29, 1.82) is 0 Å². The van der Waals surface area contributed by atoms with Gasteiger partial charge in [0.15, 0.2) is 5.78 Å². The first kappa shape index (κ1) is 14.1. The van der Waals surface area contributed by atoms with Crippen LogP contribution in [0.2, 0.25) is 0 Å². The van der Waals surface area contributed by atoms with Crippen molar-refractivity contribution in [3.8, 4) is 5.75 Å². The van der Waals surface area contributed by atoms with Crippen molar-refractivity contribution in [3.05, 3.63) is 29.5 Å². The molecule has 0 fully saturated rings. The second-order valence-corrected chi connectivity index (χ2v) is 5.60. The normalized spacial score (nSPS) is 14.3. The lowest BCUT2D eigenvalue weighted by molar-refractivity contribution is -0.131. The Morgan fingerprint density at radius 1 is 1.38 bits per heavy atom. The molecule has 0 unspecified atom stereocenters. The monoisotopic (exact) mass is 305 g/mol. The van der Waals surface area contributed by atoms with Gasteiger partial charge in [-0.3, -0.25) is 9.59 Å². The number of ether oxygens (including phenoxy) is 1. The fourth-order valence-electron chi connectivity index (χ4n) is 3.07. The second-order valence-electron chi connectivity index (χ2n) is 5.22. The molecule has 4 nitrogen and oxygen atoms in total. The van der Waals surface area contributed by atoms with Crippen molar-refractivity contribution < 1.29 is 14.3 Å². The van der Waals surface area contributed by atoms with Crippen LogP contribution in [0, 0.1) is 0 Å². The second kappa shape index (κ2) is 5.53. The first-order valence-corrected chi connectivity index (χ1v) is 7.58. The van der Waals surface area contributed by atoms with Crippen LogP contribution in [0.4, 0.5) is 0 Å². The summed E-state index contributed by atoms with van der Waals surface area (Å²) in [5.41, 5.74) is 2.81. The zero-order valence-corrected chi connectivity index (χ0v) is 12.6. The Labute approximate surface area is 127 Å². The molecule has 3 rings (SSSR count). The molecule has 0 radical (unpaired) electrons. The number of nitrogens with zero attached hydrogens (tertiary/aromatic N) is 1. The molecule has 1 aliphatic rings. The lowest BCUT2D eigenvalue weighted by Crippen LogP contribution is -2.15. The van der Waals surface area contributed by atoms with E-state index in [1.165, 1.54) is 6.92 Å². The number of aromatic nitrogens is 1. The van der Waals surface area contributed by atoms with E-state index in [1.807, 2.05) is 16.7 Å². The molecule has 110 valence electrons. The summed E-state index contributed by atoms with van der Waals surface area (Å²) in [4.78, 5) is 23.4. The van der Waals surface area contributed by atoms with Crippen LogP contribution in [0.1, 0.15) is 35.8 Å². The van der Waals surface area contributed by atoms with Crippen molar-refractivity contribution in [3.63, 3.8) is 0 Å². The molecule has 1 aromatic carbocycles. The number of ketones is 1. The van der Waals surface area contributed by atoms with Crippen LogP contribution in [-0.4, -0.2) is 22.2 Å². The molecular weight excluding hydrogens is 290 g/mol. The van der Waals surface area contributed by atoms with Gasteiger partial charge in [0.25, 0.3) is 0 Å². The van der Waals surface area contributed by atoms with Gasteiger partial charge in [-0.1, -0.05) is 0 Å². The number of halogens is 1. The lowest BCUT2D eigenvalue weighted by Gasteiger charge is -2.13. The number of Topliss-reactive ketones (excluding diaryl/α,β-unsaturated/α-hetero) is 1. The number of hydrogen-bond donors (Lipinski definition) is 0. The summed E-state index contributed by atoms with van der Waals surface area (Å²) in [5.74, 6) is 0.791. The number of carbonyl (C=O) groups is 2. The van der Waals surface area contributed by atoms with E-state index in [0.717, 1.165) is 35.0 Å². The van der Waals surface area contributed by atoms with Crippen LogP contribution in [0.25, 0.3) is 10.9 Å². The van der Waals surface area contributed by atoms with E-state index < -0.39 is 0 Å². The number of hydrogen-bond acceptors (Lipinski definition) is 3. The Bertz CT molecular complexity index is 733. The van der Waals surface area contributed by atoms with Gasteiger partial charge in [-0.25, -0.2) is 0 Å². The summed E-state index contributed by atoms with van der Waals surface area (Å²) in [6.45, 7) is 1.98. The summed E-state index contributed by atoms with van der Waals surface area (Å²) < 4.78 is 7.15. The Kier molecular flexibility index (Phi) is 3.72. The van der Waals surface area contributed by atoms with E-state index in [-0.39, 0.29) is 11.8 Å². The molecule has 1 heterocycles. The van der Waals surface area contributed by atoms with Gasteiger partial charge in [0.2, 0.25) is 0 Å². The maximum atomic E-state index is 12.3. The summed E-state index contributed by atoms with van der Waals surface area (Å²) >= 11 is 5.88. The Balaban J connectivity index is 2.22. The van der Waals surface area contributed by atoms with Crippen LogP contribution in [-0.2, 0) is 17.8 Å². The summed E-state index contributed by atoms with van der Waals surface area (Å²) in [5, 5.41) is 0.988. The molecule has 1 aromatic heterocycles. The van der Waals surface area contributed by atoms with Crippen molar-refractivity contribution in [2.24, 2.45) is 0 Å². The first-order valence-electron chi connectivity index (χ1n) is 7.04. The summed E-state index contributed by atoms with van der Waals surface area (Å²) in [6, 6.07) is 5.50. The third-order valence-corrected chi connectivity index (χ3v) is 3.97. The minimum absolute atomic E-state index is 0.173. The third kappa shape index (κ3) is 2.44. The van der Waals surface area contributed by atoms with E-state index in [0.29, 0.717) is 24.6 Å². The van der Waals surface area contributed by atoms with Crippen LogP contribution >= 0.6 is 11.6 Å². The number of rotatable bonds is 3. The maximum absolute atomic E-state index is 12.3. The Hall–Kier alpha value is -1.81. The Morgan fingerprint density at radius 3 is 2.90 bits per heavy atom. The fourth-order valence-corrected chi connectivity index (χ4v) is 3.23. The van der Waals surface area contributed by atoms with Gasteiger partial charge in [0.1, 0.15) is 5.75 Å². The van der Waals surface area contributed by atoms with E-state index in [2.05, 4.69) is 0 Å². The highest BCUT2D eigenvalue weighted by Crippen LogP contribution is 2.34. The van der Waals surface area contributed by atoms with Gasteiger partial charge < -0.3 is 9.30 Å². The van der Waals surface area contributed by atoms with E-state index in [4.69, 9.17) is 16.3 Å². The molecule has 0 N–H and O–H groups in total. The zero-order valence-electron chi connectivity index (χ0n) is 11.8. The molecule has 0 aliphatic heterocycles. The predicted octanol–water partition coefficient (Wildman–Crippen LogP) is 3.32. The number of carbonyl (C=O) groups excluding carboxylic acids is 2. The quantitative estimate of drug-likeness (QED) is 0.496. The average molecular weight is 306 g/mol. The van der Waals surface area contributed by atoms with Crippen LogP contribution in [0.15, 0.2) is 18.2 Å². The van der Waals surface area contributed by atoms with Crippen LogP contribution in [0.3, 0.4) is 0 Å². The standard InChI is InChI=1S/C16H16ClNO3/c1-10(19)21-11-5-6-14-13(9-11)12-3-2-4-15(20)16(12)18(14)8-7-17/h5-6,9H,2-4,7-8H2,1H3. The van der Waals surface area contributed by atoms with Gasteiger partial charge in [-0.2, -0.15) is 0 Å². The lowest BCUT2D eigenvalue weighted by atomic mass is 9.94. The van der Waals surface area contributed by atoms with Crippen LogP contribution < -0.4 is 4.74 Å².